The molecule has 20 heavy (non-hydrogen) atoms. The Labute approximate surface area is 129 Å². The van der Waals surface area contributed by atoms with Crippen LogP contribution in [0.5, 0.6) is 0 Å². The third kappa shape index (κ3) is 2.80. The van der Waals surface area contributed by atoms with Gasteiger partial charge < -0.3 is 10.1 Å². The highest BCUT2D eigenvalue weighted by Crippen LogP contribution is 2.41. The second kappa shape index (κ2) is 6.56. The first-order valence-corrected chi connectivity index (χ1v) is 8.31. The molecule has 2 aliphatic heterocycles. The van der Waals surface area contributed by atoms with E-state index in [1.807, 2.05) is 7.11 Å². The van der Waals surface area contributed by atoms with E-state index in [1.165, 1.54) is 24.9 Å². The molecule has 0 amide bonds. The molecule has 3 atom stereocenters. The lowest BCUT2D eigenvalue weighted by Gasteiger charge is -2.56. The molecular weight excluding hydrogens is 316 g/mol. The van der Waals surface area contributed by atoms with Gasteiger partial charge in [-0.15, -0.1) is 0 Å². The average Bonchev–Trinajstić information content (AvgIpc) is 2.43. The number of benzene rings is 1. The van der Waals surface area contributed by atoms with Gasteiger partial charge in [-0.1, -0.05) is 28.1 Å². The molecule has 1 N–H and O–H groups in total. The Bertz CT molecular complexity index is 431. The lowest BCUT2D eigenvalue weighted by molar-refractivity contribution is -0.0554. The molecular formula is C16H23BrN2O. The maximum Gasteiger partial charge on any atom is 0.0624 e. The van der Waals surface area contributed by atoms with Gasteiger partial charge in [0.15, 0.2) is 0 Å². The van der Waals surface area contributed by atoms with E-state index in [0.717, 1.165) is 24.2 Å². The zero-order valence-electron chi connectivity index (χ0n) is 12.0. The molecule has 0 saturated carbocycles. The molecule has 2 heterocycles. The first kappa shape index (κ1) is 14.5. The number of nitrogens with zero attached hydrogens (tertiary/aromatic N) is 1. The molecule has 3 unspecified atom stereocenters. The topological polar surface area (TPSA) is 24.5 Å². The van der Waals surface area contributed by atoms with Crippen molar-refractivity contribution in [1.29, 1.82) is 0 Å². The van der Waals surface area contributed by atoms with Crippen molar-refractivity contribution in [3.8, 4) is 0 Å². The lowest BCUT2D eigenvalue weighted by atomic mass is 9.74. The molecule has 2 aliphatic rings. The van der Waals surface area contributed by atoms with Gasteiger partial charge in [0.2, 0.25) is 0 Å². The first-order valence-electron chi connectivity index (χ1n) is 7.52. The third-order valence-electron chi connectivity index (χ3n) is 4.65. The van der Waals surface area contributed by atoms with Crippen LogP contribution in [0.25, 0.3) is 0 Å². The fraction of sp³-hybridized carbons (Fsp3) is 0.625. The molecule has 2 saturated heterocycles. The smallest absolute Gasteiger partial charge is 0.0624 e. The van der Waals surface area contributed by atoms with Crippen LogP contribution in [0, 0.1) is 0 Å². The van der Waals surface area contributed by atoms with E-state index in [9.17, 15) is 0 Å². The van der Waals surface area contributed by atoms with Gasteiger partial charge in [-0.2, -0.15) is 0 Å². The molecule has 110 valence electrons. The van der Waals surface area contributed by atoms with E-state index in [1.54, 1.807) is 0 Å². The minimum Gasteiger partial charge on any atom is -0.383 e. The maximum atomic E-state index is 5.47. The van der Waals surface area contributed by atoms with Crippen LogP contribution in [0.3, 0.4) is 0 Å². The molecule has 0 bridgehead atoms. The van der Waals surface area contributed by atoms with Crippen LogP contribution in [0.2, 0.25) is 0 Å². The summed E-state index contributed by atoms with van der Waals surface area (Å²) in [5.74, 6) is 0.591. The summed E-state index contributed by atoms with van der Waals surface area (Å²) in [7, 11) is 1.81. The Balaban J connectivity index is 1.80. The monoisotopic (exact) mass is 338 g/mol. The molecule has 3 rings (SSSR count). The molecule has 1 aromatic carbocycles. The summed E-state index contributed by atoms with van der Waals surface area (Å²) >= 11 is 3.52. The van der Waals surface area contributed by atoms with E-state index < -0.39 is 0 Å². The first-order chi connectivity index (χ1) is 9.81. The van der Waals surface area contributed by atoms with Crippen molar-refractivity contribution in [2.24, 2.45) is 0 Å². The highest BCUT2D eigenvalue weighted by atomic mass is 79.9. The number of methoxy groups -OCH3 is 1. The largest absolute Gasteiger partial charge is 0.383 e. The van der Waals surface area contributed by atoms with Gasteiger partial charge in [0.1, 0.15) is 0 Å². The van der Waals surface area contributed by atoms with Crippen LogP contribution >= 0.6 is 15.9 Å². The normalized spacial score (nSPS) is 31.0. The van der Waals surface area contributed by atoms with Crippen LogP contribution in [-0.2, 0) is 4.74 Å². The molecule has 4 heteroatoms. The lowest BCUT2D eigenvalue weighted by Crippen LogP contribution is -2.67. The highest BCUT2D eigenvalue weighted by molar-refractivity contribution is 9.10. The van der Waals surface area contributed by atoms with Crippen LogP contribution in [0.1, 0.15) is 24.3 Å². The maximum absolute atomic E-state index is 5.47. The fourth-order valence-electron chi connectivity index (χ4n) is 3.68. The molecule has 0 spiro atoms. The van der Waals surface area contributed by atoms with Crippen LogP contribution < -0.4 is 5.32 Å². The van der Waals surface area contributed by atoms with Crippen LogP contribution in [0.15, 0.2) is 28.7 Å². The summed E-state index contributed by atoms with van der Waals surface area (Å²) in [5, 5.41) is 3.60. The van der Waals surface area contributed by atoms with Crippen molar-refractivity contribution in [3.63, 3.8) is 0 Å². The predicted molar refractivity (Wildman–Crippen MR) is 85.1 cm³/mol. The van der Waals surface area contributed by atoms with E-state index in [2.05, 4.69) is 50.4 Å². The summed E-state index contributed by atoms with van der Waals surface area (Å²) in [6, 6.07) is 9.97. The zero-order valence-corrected chi connectivity index (χ0v) is 13.6. The molecule has 2 fully saturated rings. The zero-order chi connectivity index (χ0) is 13.9. The predicted octanol–water partition coefficient (Wildman–Crippen LogP) is 2.62. The van der Waals surface area contributed by atoms with Gasteiger partial charge in [-0.25, -0.2) is 0 Å². The minimum atomic E-state index is 0.533. The number of ether oxygens (including phenoxy) is 1. The van der Waals surface area contributed by atoms with Crippen molar-refractivity contribution in [2.75, 3.05) is 33.4 Å². The Kier molecular flexibility index (Phi) is 4.76. The van der Waals surface area contributed by atoms with Gasteiger partial charge in [-0.3, -0.25) is 4.90 Å². The number of hydrogen-bond acceptors (Lipinski definition) is 3. The van der Waals surface area contributed by atoms with Gasteiger partial charge >= 0.3 is 0 Å². The Morgan fingerprint density at radius 2 is 2.10 bits per heavy atom. The van der Waals surface area contributed by atoms with Gasteiger partial charge in [0.25, 0.3) is 0 Å². The minimum absolute atomic E-state index is 0.533. The van der Waals surface area contributed by atoms with E-state index in [0.29, 0.717) is 18.0 Å². The average molecular weight is 339 g/mol. The Hall–Kier alpha value is -0.420. The van der Waals surface area contributed by atoms with Crippen molar-refractivity contribution in [3.05, 3.63) is 34.3 Å². The molecule has 1 aromatic rings. The molecule has 0 aliphatic carbocycles. The number of fused-ring (bicyclic) bond motifs is 1. The molecule has 3 nitrogen and oxygen atoms in total. The second-order valence-electron chi connectivity index (χ2n) is 5.82. The quantitative estimate of drug-likeness (QED) is 0.916. The van der Waals surface area contributed by atoms with Crippen molar-refractivity contribution < 1.29 is 4.74 Å². The third-order valence-corrected chi connectivity index (χ3v) is 5.18. The van der Waals surface area contributed by atoms with Crippen molar-refractivity contribution in [2.45, 2.75) is 30.8 Å². The summed E-state index contributed by atoms with van der Waals surface area (Å²) in [6.45, 7) is 4.30. The standard InChI is InChI=1S/C16H23BrN2O/c1-20-11-15-16(12-4-6-13(17)7-5-12)14-10-18-8-2-3-9-19(14)15/h4-7,14-16,18H,2-3,8-11H2,1H3. The fourth-order valence-corrected chi connectivity index (χ4v) is 3.95. The molecule has 0 aromatic heterocycles. The van der Waals surface area contributed by atoms with Crippen LogP contribution in [-0.4, -0.2) is 50.3 Å². The van der Waals surface area contributed by atoms with Gasteiger partial charge in [-0.05, 0) is 43.6 Å². The summed E-state index contributed by atoms with van der Waals surface area (Å²) in [6.07, 6.45) is 2.57. The van der Waals surface area contributed by atoms with Crippen LogP contribution in [0.4, 0.5) is 0 Å². The van der Waals surface area contributed by atoms with Crippen molar-refractivity contribution in [1.82, 2.24) is 10.2 Å². The summed E-state index contributed by atoms with van der Waals surface area (Å²) in [5.41, 5.74) is 1.44. The van der Waals surface area contributed by atoms with Gasteiger partial charge in [0.05, 0.1) is 6.61 Å². The summed E-state index contributed by atoms with van der Waals surface area (Å²) in [4.78, 5) is 2.64. The van der Waals surface area contributed by atoms with E-state index in [4.69, 9.17) is 4.74 Å². The summed E-state index contributed by atoms with van der Waals surface area (Å²) < 4.78 is 6.62. The SMILES string of the molecule is COCC1C(c2ccc(Br)cc2)C2CNCCCCN21. The molecule has 0 radical (unpaired) electrons. The number of hydrogen-bond donors (Lipinski definition) is 1. The van der Waals surface area contributed by atoms with Crippen molar-refractivity contribution >= 4 is 15.9 Å². The number of rotatable bonds is 3. The highest BCUT2D eigenvalue weighted by Gasteiger charge is 2.48. The van der Waals surface area contributed by atoms with Gasteiger partial charge in [0, 0.05) is 36.1 Å². The number of nitrogens with one attached hydrogen (secondary N) is 1. The Morgan fingerprint density at radius 1 is 1.30 bits per heavy atom. The second-order valence-corrected chi connectivity index (χ2v) is 6.73. The number of halogens is 1. The van der Waals surface area contributed by atoms with E-state index >= 15 is 0 Å². The Morgan fingerprint density at radius 3 is 2.85 bits per heavy atom. The van der Waals surface area contributed by atoms with E-state index in [-0.39, 0.29) is 0 Å².